The van der Waals surface area contributed by atoms with Gasteiger partial charge >= 0.3 is 0 Å². The number of H-pyrrole nitrogens is 2. The van der Waals surface area contributed by atoms with Crippen molar-refractivity contribution in [2.75, 3.05) is 0 Å². The molecule has 8 rings (SSSR count). The van der Waals surface area contributed by atoms with E-state index in [-0.39, 0.29) is 5.92 Å². The highest BCUT2D eigenvalue weighted by Gasteiger charge is 2.34. The van der Waals surface area contributed by atoms with Gasteiger partial charge < -0.3 is 15.7 Å². The Morgan fingerprint density at radius 1 is 0.763 bits per heavy atom. The number of imidazole rings is 2. The first-order valence-electron chi connectivity index (χ1n) is 13.3. The van der Waals surface area contributed by atoms with E-state index in [1.165, 1.54) is 5.69 Å². The largest absolute Gasteiger partial charge is 0.345 e. The minimum atomic E-state index is 0.267. The van der Waals surface area contributed by atoms with Crippen molar-refractivity contribution in [2.24, 2.45) is 17.6 Å². The number of hydrogen-bond acceptors (Lipinski definition) is 6. The van der Waals surface area contributed by atoms with E-state index >= 15 is 0 Å². The van der Waals surface area contributed by atoms with Gasteiger partial charge in [0.25, 0.3) is 0 Å². The molecule has 2 fully saturated rings. The zero-order valence-electron chi connectivity index (χ0n) is 21.5. The highest BCUT2D eigenvalue weighted by molar-refractivity contribution is 5.82. The van der Waals surface area contributed by atoms with Gasteiger partial charge in [-0.05, 0) is 36.8 Å². The standard InChI is InChI=1S/C14H17N5.C14H14N4O/c1-8-4-9(15)5-10(8)12-6-17-13-7-18-14-11(19(12)13)2-3-16-14;1-8-4-9(19)5-10(8)12-6-16-13-7-17-14-11(18(12)13)2-3-15-14/h2-3,6-10,16H,4-5,15H2,1H3;2-3,6-8,10,15H,4-5H2,1H3/t8-,9+,10+;8-,10+/m11/s1. The Morgan fingerprint density at radius 3 is 1.84 bits per heavy atom. The third kappa shape index (κ3) is 3.62. The number of nitrogens with zero attached hydrogens (tertiary/aromatic N) is 6. The molecule has 0 aliphatic heterocycles. The van der Waals surface area contributed by atoms with Crippen LogP contribution in [0.25, 0.3) is 33.6 Å². The molecule has 0 bridgehead atoms. The Morgan fingerprint density at radius 2 is 1.34 bits per heavy atom. The molecule has 6 heterocycles. The Hall–Kier alpha value is -4.05. The quantitative estimate of drug-likeness (QED) is 0.318. The van der Waals surface area contributed by atoms with Crippen LogP contribution in [0.4, 0.5) is 0 Å². The van der Waals surface area contributed by atoms with Crippen molar-refractivity contribution in [2.45, 2.75) is 57.4 Å². The summed E-state index contributed by atoms with van der Waals surface area (Å²) in [6.07, 6.45) is 14.7. The van der Waals surface area contributed by atoms with Crippen LogP contribution in [-0.2, 0) is 4.79 Å². The number of carbonyl (C=O) groups is 1. The van der Waals surface area contributed by atoms with E-state index in [1.54, 1.807) is 6.20 Å². The van der Waals surface area contributed by atoms with Crippen LogP contribution < -0.4 is 5.73 Å². The van der Waals surface area contributed by atoms with E-state index in [2.05, 4.69) is 58.6 Å². The van der Waals surface area contributed by atoms with Crippen molar-refractivity contribution in [3.63, 3.8) is 0 Å². The SMILES string of the molecule is C[C@@H]1CC(=O)C[C@@H]1c1cnc2cnc3[nH]ccc3n12.C[C@@H]1C[C@H](N)C[C@@H]1c1cnc2cnc3[nH]ccc3n12. The maximum absolute atomic E-state index is 11.7. The van der Waals surface area contributed by atoms with Gasteiger partial charge in [0, 0.05) is 66.9 Å². The van der Waals surface area contributed by atoms with Crippen LogP contribution in [0.5, 0.6) is 0 Å². The molecule has 6 aromatic heterocycles. The number of hydrogen-bond donors (Lipinski definition) is 3. The summed E-state index contributed by atoms with van der Waals surface area (Å²) in [7, 11) is 0. The predicted octanol–water partition coefficient (Wildman–Crippen LogP) is 4.34. The van der Waals surface area contributed by atoms with E-state index in [0.29, 0.717) is 42.4 Å². The summed E-state index contributed by atoms with van der Waals surface area (Å²) in [5.41, 5.74) is 14.1. The minimum Gasteiger partial charge on any atom is -0.345 e. The molecule has 0 spiro atoms. The Kier molecular flexibility index (Phi) is 5.33. The maximum Gasteiger partial charge on any atom is 0.156 e. The lowest BCUT2D eigenvalue weighted by Crippen LogP contribution is -2.14. The molecule has 0 amide bonds. The molecule has 10 nitrogen and oxygen atoms in total. The summed E-state index contributed by atoms with van der Waals surface area (Å²) in [4.78, 5) is 35.6. The van der Waals surface area contributed by atoms with Crippen LogP contribution in [0, 0.1) is 11.8 Å². The Labute approximate surface area is 218 Å². The fraction of sp³-hybridized carbons (Fsp3) is 0.393. The summed E-state index contributed by atoms with van der Waals surface area (Å²) >= 11 is 0. The van der Waals surface area contributed by atoms with Gasteiger partial charge in [0.15, 0.2) is 22.6 Å². The van der Waals surface area contributed by atoms with Gasteiger partial charge in [-0.3, -0.25) is 13.6 Å². The van der Waals surface area contributed by atoms with Crippen molar-refractivity contribution in [3.8, 4) is 0 Å². The molecule has 10 heteroatoms. The van der Waals surface area contributed by atoms with E-state index in [1.807, 2.05) is 37.1 Å². The normalized spacial score (nSPS) is 25.7. The van der Waals surface area contributed by atoms with E-state index in [0.717, 1.165) is 52.2 Å². The summed E-state index contributed by atoms with van der Waals surface area (Å²) in [5.74, 6) is 2.10. The van der Waals surface area contributed by atoms with Crippen LogP contribution >= 0.6 is 0 Å². The molecule has 2 aliphatic rings. The lowest BCUT2D eigenvalue weighted by Gasteiger charge is -2.15. The van der Waals surface area contributed by atoms with E-state index in [4.69, 9.17) is 5.73 Å². The van der Waals surface area contributed by atoms with Gasteiger partial charge in [-0.15, -0.1) is 0 Å². The Bertz CT molecular complexity index is 1790. The molecule has 2 aliphatic carbocycles. The smallest absolute Gasteiger partial charge is 0.156 e. The number of Topliss-reactive ketones (excluding diaryl/α,β-unsaturated/α-hetero) is 1. The number of fused-ring (bicyclic) bond motifs is 6. The second kappa shape index (κ2) is 8.76. The monoisotopic (exact) mass is 509 g/mol. The van der Waals surface area contributed by atoms with Gasteiger partial charge in [-0.1, -0.05) is 13.8 Å². The van der Waals surface area contributed by atoms with Gasteiger partial charge in [0.1, 0.15) is 5.78 Å². The molecule has 6 aromatic rings. The molecule has 5 atom stereocenters. The molecule has 0 saturated heterocycles. The van der Waals surface area contributed by atoms with Gasteiger partial charge in [-0.2, -0.15) is 0 Å². The molecule has 38 heavy (non-hydrogen) atoms. The average molecular weight is 510 g/mol. The highest BCUT2D eigenvalue weighted by Crippen LogP contribution is 2.40. The highest BCUT2D eigenvalue weighted by atomic mass is 16.1. The van der Waals surface area contributed by atoms with Crippen molar-refractivity contribution >= 4 is 39.4 Å². The number of nitrogens with two attached hydrogens (primary N) is 1. The molecular formula is C28H31N9O. The molecule has 194 valence electrons. The van der Waals surface area contributed by atoms with E-state index < -0.39 is 0 Å². The first-order valence-corrected chi connectivity index (χ1v) is 13.3. The number of ketones is 1. The lowest BCUT2D eigenvalue weighted by atomic mass is 9.95. The third-order valence-corrected chi connectivity index (χ3v) is 8.50. The van der Waals surface area contributed by atoms with Crippen molar-refractivity contribution in [1.29, 1.82) is 0 Å². The minimum absolute atomic E-state index is 0.267. The second-order valence-electron chi connectivity index (χ2n) is 11.0. The van der Waals surface area contributed by atoms with Crippen molar-refractivity contribution in [1.82, 2.24) is 38.7 Å². The van der Waals surface area contributed by atoms with Crippen molar-refractivity contribution in [3.05, 3.63) is 60.7 Å². The van der Waals surface area contributed by atoms with Gasteiger partial charge in [0.05, 0.1) is 23.4 Å². The van der Waals surface area contributed by atoms with Gasteiger partial charge in [0.2, 0.25) is 0 Å². The number of carbonyl (C=O) groups excluding carboxylic acids is 1. The van der Waals surface area contributed by atoms with Crippen LogP contribution in [-0.4, -0.2) is 50.5 Å². The fourth-order valence-corrected chi connectivity index (χ4v) is 6.64. The number of nitrogens with one attached hydrogen (secondary N) is 2. The summed E-state index contributed by atoms with van der Waals surface area (Å²) in [5, 5.41) is 0. The summed E-state index contributed by atoms with van der Waals surface area (Å²) < 4.78 is 4.34. The van der Waals surface area contributed by atoms with Crippen molar-refractivity contribution < 1.29 is 4.79 Å². The van der Waals surface area contributed by atoms with Crippen LogP contribution in [0.3, 0.4) is 0 Å². The Balaban J connectivity index is 0.000000127. The predicted molar refractivity (Wildman–Crippen MR) is 145 cm³/mol. The molecule has 0 aromatic carbocycles. The zero-order valence-corrected chi connectivity index (χ0v) is 21.5. The molecule has 4 N–H and O–H groups in total. The third-order valence-electron chi connectivity index (χ3n) is 8.50. The number of aromatic nitrogens is 8. The van der Waals surface area contributed by atoms with E-state index in [9.17, 15) is 4.79 Å². The average Bonchev–Trinajstić information content (AvgIpc) is 3.71. The van der Waals surface area contributed by atoms with Gasteiger partial charge in [-0.25, -0.2) is 19.9 Å². The molecule has 0 unspecified atom stereocenters. The van der Waals surface area contributed by atoms with Crippen LogP contribution in [0.2, 0.25) is 0 Å². The first kappa shape index (κ1) is 23.1. The fourth-order valence-electron chi connectivity index (χ4n) is 6.64. The lowest BCUT2D eigenvalue weighted by molar-refractivity contribution is -0.117. The topological polar surface area (TPSA) is 135 Å². The summed E-state index contributed by atoms with van der Waals surface area (Å²) in [6.45, 7) is 4.43. The van der Waals surface area contributed by atoms with Crippen LogP contribution in [0.15, 0.2) is 49.3 Å². The molecule has 0 radical (unpaired) electrons. The maximum atomic E-state index is 11.7. The molecular weight excluding hydrogens is 478 g/mol. The first-order chi connectivity index (χ1) is 18.5. The number of aromatic amines is 2. The molecule has 2 saturated carbocycles. The van der Waals surface area contributed by atoms with Crippen LogP contribution in [0.1, 0.15) is 62.8 Å². The summed E-state index contributed by atoms with van der Waals surface area (Å²) in [6, 6.07) is 4.37. The number of rotatable bonds is 2. The second-order valence-corrected chi connectivity index (χ2v) is 11.0. The zero-order chi connectivity index (χ0) is 26.0.